The van der Waals surface area contributed by atoms with Gasteiger partial charge in [0.25, 0.3) is 5.91 Å². The minimum Gasteiger partial charge on any atom is -0.496 e. The van der Waals surface area contributed by atoms with Crippen LogP contribution in [0.5, 0.6) is 11.5 Å². The quantitative estimate of drug-likeness (QED) is 0.435. The van der Waals surface area contributed by atoms with E-state index in [-0.39, 0.29) is 17.2 Å². The first-order valence-corrected chi connectivity index (χ1v) is 11.0. The molecular weight excluding hydrogens is 456 g/mol. The Bertz CT molecular complexity index is 1220. The van der Waals surface area contributed by atoms with Crippen LogP contribution < -0.4 is 14.8 Å². The van der Waals surface area contributed by atoms with Crippen LogP contribution in [0.25, 0.3) is 11.1 Å². The summed E-state index contributed by atoms with van der Waals surface area (Å²) in [5.41, 5.74) is 0.367. The molecule has 0 aliphatic heterocycles. The number of hydrogen-bond donors (Lipinski definition) is 2. The minimum absolute atomic E-state index is 0.171. The number of carboxylic acids is 1. The second kappa shape index (κ2) is 10.5. The molecule has 3 aromatic carbocycles. The molecule has 0 radical (unpaired) electrons. The van der Waals surface area contributed by atoms with Gasteiger partial charge in [-0.15, -0.1) is 0 Å². The van der Waals surface area contributed by atoms with Crippen LogP contribution in [0.3, 0.4) is 0 Å². The number of carbonyl (C=O) groups excluding carboxylic acids is 1. The average molecular weight is 484 g/mol. The monoisotopic (exact) mass is 483 g/mol. The van der Waals surface area contributed by atoms with Crippen molar-refractivity contribution < 1.29 is 33.0 Å². The number of carboxylic acid groups (broad SMARTS) is 1. The molecular formula is C27H27F2NO5. The van der Waals surface area contributed by atoms with Crippen LogP contribution in [0.15, 0.2) is 60.7 Å². The molecule has 0 saturated heterocycles. The number of carbonyl (C=O) groups is 2. The molecule has 6 nitrogen and oxygen atoms in total. The Kier molecular flexibility index (Phi) is 7.74. The van der Waals surface area contributed by atoms with Gasteiger partial charge in [-0.2, -0.15) is 0 Å². The minimum atomic E-state index is -1.35. The average Bonchev–Trinajstić information content (AvgIpc) is 2.79. The maximum absolute atomic E-state index is 14.3. The Hall–Kier alpha value is -3.94. The summed E-state index contributed by atoms with van der Waals surface area (Å²) in [6.45, 7) is 4.77. The number of amides is 1. The summed E-state index contributed by atoms with van der Waals surface area (Å²) < 4.78 is 38.3. The van der Waals surface area contributed by atoms with Crippen molar-refractivity contribution in [2.24, 2.45) is 0 Å². The van der Waals surface area contributed by atoms with Crippen LogP contribution in [-0.2, 0) is 11.2 Å². The zero-order valence-corrected chi connectivity index (χ0v) is 19.9. The van der Waals surface area contributed by atoms with Crippen LogP contribution >= 0.6 is 0 Å². The highest BCUT2D eigenvalue weighted by Crippen LogP contribution is 2.29. The molecule has 8 heteroatoms. The molecule has 0 bridgehead atoms. The lowest BCUT2D eigenvalue weighted by Crippen LogP contribution is -2.37. The van der Waals surface area contributed by atoms with Gasteiger partial charge in [0.2, 0.25) is 0 Å². The Labute approximate surface area is 202 Å². The Morgan fingerprint density at radius 2 is 1.71 bits per heavy atom. The van der Waals surface area contributed by atoms with Gasteiger partial charge in [-0.05, 0) is 74.7 Å². The summed E-state index contributed by atoms with van der Waals surface area (Å²) in [6, 6.07) is 14.6. The molecule has 0 aliphatic carbocycles. The molecule has 184 valence electrons. The van der Waals surface area contributed by atoms with Gasteiger partial charge in [-0.25, -0.2) is 13.6 Å². The van der Waals surface area contributed by atoms with Crippen molar-refractivity contribution in [3.05, 3.63) is 83.4 Å². The number of nitrogens with one attached hydrogen (secondary N) is 1. The molecule has 0 spiro atoms. The van der Waals surface area contributed by atoms with Crippen molar-refractivity contribution >= 4 is 11.9 Å². The van der Waals surface area contributed by atoms with Gasteiger partial charge >= 0.3 is 5.97 Å². The molecule has 3 aromatic rings. The highest BCUT2D eigenvalue weighted by atomic mass is 19.1. The smallest absolute Gasteiger partial charge is 0.347 e. The Morgan fingerprint density at radius 1 is 1.03 bits per heavy atom. The van der Waals surface area contributed by atoms with Crippen LogP contribution in [0, 0.1) is 11.6 Å². The lowest BCUT2D eigenvalue weighted by molar-refractivity contribution is -0.152. The topological polar surface area (TPSA) is 84.9 Å². The van der Waals surface area contributed by atoms with Crippen molar-refractivity contribution in [3.8, 4) is 22.6 Å². The van der Waals surface area contributed by atoms with E-state index in [1.807, 2.05) is 6.92 Å². The maximum atomic E-state index is 14.3. The van der Waals surface area contributed by atoms with E-state index in [1.165, 1.54) is 33.1 Å². The summed E-state index contributed by atoms with van der Waals surface area (Å²) in [5, 5.41) is 12.1. The van der Waals surface area contributed by atoms with Crippen molar-refractivity contribution in [2.45, 2.75) is 38.8 Å². The predicted octanol–water partition coefficient (Wildman–Crippen LogP) is 5.24. The largest absolute Gasteiger partial charge is 0.496 e. The number of hydrogen-bond acceptors (Lipinski definition) is 4. The lowest BCUT2D eigenvalue weighted by atomic mass is 10.0. The third-order valence-corrected chi connectivity index (χ3v) is 5.42. The first-order chi connectivity index (χ1) is 16.5. The number of benzene rings is 3. The highest BCUT2D eigenvalue weighted by molar-refractivity contribution is 5.98. The van der Waals surface area contributed by atoms with Crippen LogP contribution in [0.1, 0.15) is 36.7 Å². The summed E-state index contributed by atoms with van der Waals surface area (Å²) in [4.78, 5) is 24.2. The molecule has 0 heterocycles. The fourth-order valence-electron chi connectivity index (χ4n) is 3.51. The molecule has 35 heavy (non-hydrogen) atoms. The molecule has 0 fully saturated rings. The van der Waals surface area contributed by atoms with Gasteiger partial charge in [-0.1, -0.05) is 18.2 Å². The fourth-order valence-corrected chi connectivity index (χ4v) is 3.51. The predicted molar refractivity (Wildman–Crippen MR) is 128 cm³/mol. The highest BCUT2D eigenvalue weighted by Gasteiger charge is 2.29. The van der Waals surface area contributed by atoms with E-state index < -0.39 is 29.1 Å². The standard InChI is InChI=1S/C27H27F2NO5/c1-16(13-17-5-9-20(10-6-17)35-27(2,3)26(32)33)30-25(31)22-14-18(7-12-24(22)34-4)21-11-8-19(28)15-23(21)29/h5-12,14-16H,13H2,1-4H3,(H,30,31)(H,32,33). The van der Waals surface area contributed by atoms with E-state index in [0.717, 1.165) is 17.7 Å². The van der Waals surface area contributed by atoms with E-state index in [0.29, 0.717) is 23.5 Å². The lowest BCUT2D eigenvalue weighted by Gasteiger charge is -2.21. The first kappa shape index (κ1) is 25.7. The zero-order valence-electron chi connectivity index (χ0n) is 19.9. The van der Waals surface area contributed by atoms with Crippen molar-refractivity contribution in [1.29, 1.82) is 0 Å². The van der Waals surface area contributed by atoms with Gasteiger partial charge in [0, 0.05) is 17.7 Å². The van der Waals surface area contributed by atoms with Gasteiger partial charge in [-0.3, -0.25) is 4.79 Å². The Balaban J connectivity index is 1.71. The maximum Gasteiger partial charge on any atom is 0.347 e. The fraction of sp³-hybridized carbons (Fsp3) is 0.259. The van der Waals surface area contributed by atoms with E-state index in [9.17, 15) is 23.5 Å². The van der Waals surface area contributed by atoms with Crippen LogP contribution in [0.2, 0.25) is 0 Å². The van der Waals surface area contributed by atoms with Crippen molar-refractivity contribution in [1.82, 2.24) is 5.32 Å². The number of methoxy groups -OCH3 is 1. The third-order valence-electron chi connectivity index (χ3n) is 5.42. The van der Waals surface area contributed by atoms with E-state index in [1.54, 1.807) is 36.4 Å². The zero-order chi connectivity index (χ0) is 25.8. The number of aliphatic carboxylic acids is 1. The summed E-state index contributed by atoms with van der Waals surface area (Å²) in [7, 11) is 1.43. The second-order valence-corrected chi connectivity index (χ2v) is 8.68. The number of rotatable bonds is 9. The molecule has 2 N–H and O–H groups in total. The molecule has 0 aromatic heterocycles. The number of ether oxygens (including phenoxy) is 2. The first-order valence-electron chi connectivity index (χ1n) is 11.0. The molecule has 0 saturated carbocycles. The van der Waals surface area contributed by atoms with Gasteiger partial charge in [0.1, 0.15) is 23.1 Å². The molecule has 0 aliphatic rings. The SMILES string of the molecule is COc1ccc(-c2ccc(F)cc2F)cc1C(=O)NC(C)Cc1ccc(OC(C)(C)C(=O)O)cc1. The summed E-state index contributed by atoms with van der Waals surface area (Å²) >= 11 is 0. The molecule has 1 unspecified atom stereocenters. The summed E-state index contributed by atoms with van der Waals surface area (Å²) in [6.07, 6.45) is 0.503. The van der Waals surface area contributed by atoms with Gasteiger partial charge in [0.05, 0.1) is 12.7 Å². The van der Waals surface area contributed by atoms with Crippen molar-refractivity contribution in [2.75, 3.05) is 7.11 Å². The summed E-state index contributed by atoms with van der Waals surface area (Å²) in [5.74, 6) is -2.14. The molecule has 1 atom stereocenters. The van der Waals surface area contributed by atoms with E-state index >= 15 is 0 Å². The van der Waals surface area contributed by atoms with Crippen molar-refractivity contribution in [3.63, 3.8) is 0 Å². The van der Waals surface area contributed by atoms with Crippen LogP contribution in [0.4, 0.5) is 8.78 Å². The second-order valence-electron chi connectivity index (χ2n) is 8.68. The normalized spacial score (nSPS) is 12.1. The van der Waals surface area contributed by atoms with E-state index in [2.05, 4.69) is 5.32 Å². The number of halogens is 2. The third kappa shape index (κ3) is 6.35. The van der Waals surface area contributed by atoms with Gasteiger partial charge in [0.15, 0.2) is 5.60 Å². The molecule has 3 rings (SSSR count). The van der Waals surface area contributed by atoms with Gasteiger partial charge < -0.3 is 19.9 Å². The Morgan fingerprint density at radius 3 is 2.31 bits per heavy atom. The van der Waals surface area contributed by atoms with E-state index in [4.69, 9.17) is 9.47 Å². The van der Waals surface area contributed by atoms with Crippen LogP contribution in [-0.4, -0.2) is 35.7 Å². The molecule has 1 amide bonds.